The number of carbonyl (C=O) groups excluding carboxylic acids is 1. The molecule has 0 atom stereocenters. The van der Waals surface area contributed by atoms with Crippen LogP contribution in [0.4, 0.5) is 13.2 Å². The van der Waals surface area contributed by atoms with E-state index in [0.29, 0.717) is 6.42 Å². The van der Waals surface area contributed by atoms with Gasteiger partial charge in [-0.1, -0.05) is 19.4 Å². The van der Waals surface area contributed by atoms with E-state index in [1.54, 1.807) is 0 Å². The first-order chi connectivity index (χ1) is 10.7. The summed E-state index contributed by atoms with van der Waals surface area (Å²) in [6.07, 6.45) is -2.94. The maximum atomic E-state index is 12.1. The number of nitrogens with one attached hydrogen (secondary N) is 1. The van der Waals surface area contributed by atoms with E-state index in [2.05, 4.69) is 9.73 Å². The summed E-state index contributed by atoms with van der Waals surface area (Å²) in [7, 11) is 0. The molecule has 1 aromatic carbocycles. The zero-order valence-corrected chi connectivity index (χ0v) is 12.3. The number of amidine groups is 1. The number of nitrogens with zero attached hydrogens (tertiary/aromatic N) is 1. The lowest BCUT2D eigenvalue weighted by atomic mass is 10.2. The number of unbranched alkanes of at least 4 members (excludes halogenated alkanes) is 1. The summed E-state index contributed by atoms with van der Waals surface area (Å²) in [5.41, 5.74) is 5.23. The Morgan fingerprint density at radius 1 is 1.39 bits per heavy atom. The number of carbonyl (C=O) groups is 1. The summed E-state index contributed by atoms with van der Waals surface area (Å²) in [4.78, 5) is 15.2. The molecule has 0 radical (unpaired) electrons. The van der Waals surface area contributed by atoms with E-state index < -0.39 is 24.0 Å². The molecule has 0 saturated carbocycles. The van der Waals surface area contributed by atoms with Gasteiger partial charge in [0.2, 0.25) is 0 Å². The van der Waals surface area contributed by atoms with Gasteiger partial charge < -0.3 is 15.2 Å². The third-order valence-electron chi connectivity index (χ3n) is 2.51. The maximum Gasteiger partial charge on any atom is 0.573 e. The monoisotopic (exact) mass is 331 g/mol. The Labute approximate surface area is 130 Å². The van der Waals surface area contributed by atoms with Crippen LogP contribution in [0.5, 0.6) is 5.75 Å². The van der Waals surface area contributed by atoms with E-state index in [0.717, 1.165) is 25.0 Å². The number of benzene rings is 1. The molecular weight excluding hydrogens is 315 g/mol. The molecule has 0 bridgehead atoms. The van der Waals surface area contributed by atoms with E-state index in [9.17, 15) is 18.0 Å². The Kier molecular flexibility index (Phi) is 6.55. The van der Waals surface area contributed by atoms with Gasteiger partial charge in [0.1, 0.15) is 5.75 Å². The lowest BCUT2D eigenvalue weighted by Crippen LogP contribution is -2.22. The molecule has 0 aliphatic carbocycles. The first-order valence-corrected chi connectivity index (χ1v) is 6.71. The summed E-state index contributed by atoms with van der Waals surface area (Å²) in [6.45, 7) is 1.93. The molecule has 1 amide bonds. The maximum absolute atomic E-state index is 12.1. The highest BCUT2D eigenvalue weighted by Crippen LogP contribution is 2.23. The van der Waals surface area contributed by atoms with Gasteiger partial charge in [-0.2, -0.15) is 4.99 Å². The van der Waals surface area contributed by atoms with Crippen molar-refractivity contribution in [1.29, 1.82) is 5.41 Å². The first-order valence-electron chi connectivity index (χ1n) is 6.71. The normalized spacial score (nSPS) is 11.9. The minimum absolute atomic E-state index is 0.143. The first kappa shape index (κ1) is 18.5. The van der Waals surface area contributed by atoms with Crippen LogP contribution in [0.15, 0.2) is 29.3 Å². The van der Waals surface area contributed by atoms with Crippen molar-refractivity contribution >= 4 is 17.8 Å². The topological polar surface area (TPSA) is 97.8 Å². The number of hydrogen-bond donors (Lipinski definition) is 2. The van der Waals surface area contributed by atoms with Crippen LogP contribution in [-0.2, 0) is 4.74 Å². The van der Waals surface area contributed by atoms with Crippen LogP contribution in [0, 0.1) is 5.41 Å². The smallest absolute Gasteiger partial charge is 0.412 e. The summed E-state index contributed by atoms with van der Waals surface area (Å²) in [6, 6.07) is 3.86. The number of nitrogens with two attached hydrogens (primary N) is 1. The molecule has 0 aliphatic heterocycles. The fraction of sp³-hybridized carbons (Fsp3) is 0.357. The van der Waals surface area contributed by atoms with Gasteiger partial charge in [-0.15, -0.1) is 13.2 Å². The molecule has 1 aromatic rings. The Morgan fingerprint density at radius 3 is 2.70 bits per heavy atom. The number of halogens is 3. The number of rotatable bonds is 5. The van der Waals surface area contributed by atoms with Crippen LogP contribution >= 0.6 is 0 Å². The van der Waals surface area contributed by atoms with Gasteiger partial charge in [-0.05, 0) is 24.6 Å². The molecule has 0 saturated heterocycles. The highest BCUT2D eigenvalue weighted by Gasteiger charge is 2.31. The molecular formula is C14H16F3N3O3. The Balaban J connectivity index is 2.75. The average Bonchev–Trinajstić information content (AvgIpc) is 2.43. The molecule has 0 heterocycles. The van der Waals surface area contributed by atoms with Crippen LogP contribution in [0.1, 0.15) is 36.5 Å². The predicted octanol–water partition coefficient (Wildman–Crippen LogP) is 3.22. The van der Waals surface area contributed by atoms with Crippen LogP contribution in [-0.4, -0.2) is 24.2 Å². The van der Waals surface area contributed by atoms with Crippen molar-refractivity contribution in [3.63, 3.8) is 0 Å². The molecule has 0 aromatic heterocycles. The molecule has 9 heteroatoms. The van der Waals surface area contributed by atoms with Crippen molar-refractivity contribution in [2.75, 3.05) is 0 Å². The quantitative estimate of drug-likeness (QED) is 0.639. The predicted molar refractivity (Wildman–Crippen MR) is 77.4 cm³/mol. The van der Waals surface area contributed by atoms with Gasteiger partial charge in [0.05, 0.1) is 0 Å². The second kappa shape index (κ2) is 8.16. The van der Waals surface area contributed by atoms with E-state index in [-0.39, 0.29) is 11.5 Å². The van der Waals surface area contributed by atoms with E-state index >= 15 is 0 Å². The fourth-order valence-electron chi connectivity index (χ4n) is 1.53. The van der Waals surface area contributed by atoms with E-state index in [4.69, 9.17) is 15.9 Å². The highest BCUT2D eigenvalue weighted by molar-refractivity contribution is 6.03. The Bertz CT molecular complexity index is 600. The van der Waals surface area contributed by atoms with Crippen LogP contribution in [0.2, 0.25) is 0 Å². The average molecular weight is 331 g/mol. The number of hydrogen-bond acceptors (Lipinski definition) is 4. The van der Waals surface area contributed by atoms with Crippen LogP contribution in [0.3, 0.4) is 0 Å². The van der Waals surface area contributed by atoms with Gasteiger partial charge in [-0.25, -0.2) is 0 Å². The molecule has 0 unspecified atom stereocenters. The Hall–Kier alpha value is -2.58. The fourth-order valence-corrected chi connectivity index (χ4v) is 1.53. The van der Waals surface area contributed by atoms with Gasteiger partial charge in [0.25, 0.3) is 11.9 Å². The van der Waals surface area contributed by atoms with Crippen molar-refractivity contribution in [1.82, 2.24) is 0 Å². The summed E-state index contributed by atoms with van der Waals surface area (Å²) in [5, 5.41) is 7.46. The zero-order chi connectivity index (χ0) is 17.5. The lowest BCUT2D eigenvalue weighted by Gasteiger charge is -2.09. The SMILES string of the molecule is CCCCC(=N)OC(N)=NC(=O)c1cccc(OC(F)(F)F)c1. The van der Waals surface area contributed by atoms with Crippen LogP contribution in [0.25, 0.3) is 0 Å². The molecule has 3 N–H and O–H groups in total. The van der Waals surface area contributed by atoms with Crippen molar-refractivity contribution in [3.8, 4) is 5.75 Å². The zero-order valence-electron chi connectivity index (χ0n) is 12.3. The van der Waals surface area contributed by atoms with Gasteiger partial charge >= 0.3 is 6.36 Å². The molecule has 126 valence electrons. The minimum Gasteiger partial charge on any atom is -0.412 e. The van der Waals surface area contributed by atoms with Crippen molar-refractivity contribution < 1.29 is 27.4 Å². The summed E-state index contributed by atoms with van der Waals surface area (Å²) in [5.74, 6) is -1.60. The Morgan fingerprint density at radius 2 is 2.09 bits per heavy atom. The molecule has 1 rings (SSSR count). The molecule has 0 fully saturated rings. The second-order valence-corrected chi connectivity index (χ2v) is 4.46. The molecule has 6 nitrogen and oxygen atoms in total. The number of alkyl halides is 3. The van der Waals surface area contributed by atoms with Crippen LogP contribution < -0.4 is 10.5 Å². The van der Waals surface area contributed by atoms with E-state index in [1.165, 1.54) is 12.1 Å². The standard InChI is InChI=1S/C14H16F3N3O3/c1-2-3-7-11(18)22-13(19)20-12(21)9-5-4-6-10(8-9)23-14(15,16)17/h4-6,8,18H,2-3,7H2,1H3,(H2,19,20,21). The second-order valence-electron chi connectivity index (χ2n) is 4.46. The van der Waals surface area contributed by atoms with Gasteiger partial charge in [-0.3, -0.25) is 10.2 Å². The third kappa shape index (κ3) is 7.30. The minimum atomic E-state index is -4.86. The number of ether oxygens (including phenoxy) is 2. The lowest BCUT2D eigenvalue weighted by molar-refractivity contribution is -0.274. The summed E-state index contributed by atoms with van der Waals surface area (Å²) >= 11 is 0. The highest BCUT2D eigenvalue weighted by atomic mass is 19.4. The van der Waals surface area contributed by atoms with Gasteiger partial charge in [0, 0.05) is 12.0 Å². The number of aliphatic imine (C=N–C) groups is 1. The van der Waals surface area contributed by atoms with E-state index in [1.807, 2.05) is 6.92 Å². The summed E-state index contributed by atoms with van der Waals surface area (Å²) < 4.78 is 44.9. The largest absolute Gasteiger partial charge is 0.573 e. The molecule has 0 aliphatic rings. The van der Waals surface area contributed by atoms with Crippen molar-refractivity contribution in [3.05, 3.63) is 29.8 Å². The molecule has 0 spiro atoms. The van der Waals surface area contributed by atoms with Crippen molar-refractivity contribution in [2.24, 2.45) is 10.7 Å². The van der Waals surface area contributed by atoms with Crippen molar-refractivity contribution in [2.45, 2.75) is 32.5 Å². The molecule has 23 heavy (non-hydrogen) atoms. The van der Waals surface area contributed by atoms with Gasteiger partial charge in [0.15, 0.2) is 5.90 Å². The third-order valence-corrected chi connectivity index (χ3v) is 2.51. The number of amides is 1.